The molecule has 3 atom stereocenters. The quantitative estimate of drug-likeness (QED) is 0.196. The SMILES string of the molecule is O=C1CCC(N2C(=O)c3cccc(NCC4CCN(C(=O)C5CCC(n6cc(NC(=O)c7cnn8ccc(N9C[C@H]%10C[C@@H]9CO%10)nc78)c(C(F)F)n6)CC5)CC4)c3C2=O)C(=O)N1. The number of amides is 6. The van der Waals surface area contributed by atoms with Gasteiger partial charge in [-0.25, -0.2) is 18.3 Å². The van der Waals surface area contributed by atoms with Crippen molar-refractivity contribution in [3.8, 4) is 0 Å². The minimum Gasteiger partial charge on any atom is -0.384 e. The van der Waals surface area contributed by atoms with E-state index in [1.807, 2.05) is 11.0 Å². The number of carbonyl (C=O) groups excluding carboxylic acids is 6. The van der Waals surface area contributed by atoms with Gasteiger partial charge < -0.3 is 25.2 Å². The monoisotopic (exact) mass is 853 g/mol. The number of rotatable bonds is 10. The van der Waals surface area contributed by atoms with Crippen molar-refractivity contribution in [2.75, 3.05) is 48.3 Å². The van der Waals surface area contributed by atoms with Crippen molar-refractivity contribution in [3.05, 3.63) is 65.2 Å². The van der Waals surface area contributed by atoms with E-state index in [9.17, 15) is 37.5 Å². The van der Waals surface area contributed by atoms with Gasteiger partial charge in [0.25, 0.3) is 24.1 Å². The van der Waals surface area contributed by atoms with Crippen molar-refractivity contribution >= 4 is 58.3 Å². The van der Waals surface area contributed by atoms with Crippen LogP contribution in [0.15, 0.2) is 42.9 Å². The zero-order valence-corrected chi connectivity index (χ0v) is 33.7. The topological polar surface area (TPSA) is 205 Å². The first-order chi connectivity index (χ1) is 30.0. The summed E-state index contributed by atoms with van der Waals surface area (Å²) in [6.45, 7) is 2.98. The zero-order chi connectivity index (χ0) is 42.8. The Bertz CT molecular complexity index is 2490. The van der Waals surface area contributed by atoms with Crippen LogP contribution in [0.5, 0.6) is 0 Å². The number of nitrogens with one attached hydrogen (secondary N) is 3. The van der Waals surface area contributed by atoms with E-state index in [0.29, 0.717) is 75.6 Å². The Morgan fingerprint density at radius 1 is 0.952 bits per heavy atom. The van der Waals surface area contributed by atoms with Gasteiger partial charge in [0, 0.05) is 56.6 Å². The molecule has 62 heavy (non-hydrogen) atoms. The molecule has 3 N–H and O–H groups in total. The van der Waals surface area contributed by atoms with Crippen molar-refractivity contribution in [3.63, 3.8) is 0 Å². The highest BCUT2D eigenvalue weighted by molar-refractivity contribution is 6.25. The van der Waals surface area contributed by atoms with Crippen molar-refractivity contribution in [1.29, 1.82) is 0 Å². The number of imide groups is 2. The second-order valence-electron chi connectivity index (χ2n) is 17.1. The largest absolute Gasteiger partial charge is 0.384 e. The average molecular weight is 854 g/mol. The fourth-order valence-electron chi connectivity index (χ4n) is 10.0. The second kappa shape index (κ2) is 15.9. The van der Waals surface area contributed by atoms with Gasteiger partial charge in [0.2, 0.25) is 17.7 Å². The number of likely N-dealkylation sites (tertiary alicyclic amines) is 1. The molecule has 10 rings (SSSR count). The normalized spacial score (nSPS) is 25.3. The Kier molecular flexibility index (Phi) is 10.2. The summed E-state index contributed by atoms with van der Waals surface area (Å²) in [7, 11) is 0. The van der Waals surface area contributed by atoms with Gasteiger partial charge in [0.15, 0.2) is 11.3 Å². The summed E-state index contributed by atoms with van der Waals surface area (Å²) >= 11 is 0. The molecule has 0 spiro atoms. The Labute approximate surface area is 353 Å². The molecule has 5 fully saturated rings. The summed E-state index contributed by atoms with van der Waals surface area (Å²) in [5.41, 5.74) is 0.758. The molecule has 2 bridgehead atoms. The fourth-order valence-corrected chi connectivity index (χ4v) is 10.0. The van der Waals surface area contributed by atoms with Gasteiger partial charge in [-0.2, -0.15) is 10.2 Å². The molecular formula is C42H45F2N11O7. The van der Waals surface area contributed by atoms with Gasteiger partial charge in [-0.3, -0.25) is 43.7 Å². The number of piperidine rings is 2. The molecule has 6 amide bonds. The fraction of sp³-hybridized carbons (Fsp3) is 0.500. The molecule has 324 valence electrons. The van der Waals surface area contributed by atoms with Gasteiger partial charge in [-0.1, -0.05) is 6.07 Å². The van der Waals surface area contributed by atoms with Crippen LogP contribution >= 0.6 is 0 Å². The first kappa shape index (κ1) is 39.8. The Morgan fingerprint density at radius 3 is 2.48 bits per heavy atom. The summed E-state index contributed by atoms with van der Waals surface area (Å²) in [5.74, 6) is -2.08. The van der Waals surface area contributed by atoms with Gasteiger partial charge in [0.1, 0.15) is 17.4 Å². The molecule has 4 saturated heterocycles. The van der Waals surface area contributed by atoms with E-state index in [0.717, 1.165) is 24.2 Å². The van der Waals surface area contributed by atoms with Gasteiger partial charge in [0.05, 0.1) is 47.8 Å². The Hall–Kier alpha value is -6.31. The number of morpholine rings is 1. The number of ether oxygens (including phenoxy) is 1. The van der Waals surface area contributed by atoms with E-state index >= 15 is 0 Å². The third-order valence-corrected chi connectivity index (χ3v) is 13.4. The Morgan fingerprint density at radius 2 is 1.76 bits per heavy atom. The predicted molar refractivity (Wildman–Crippen MR) is 216 cm³/mol. The van der Waals surface area contributed by atoms with E-state index in [4.69, 9.17) is 9.72 Å². The van der Waals surface area contributed by atoms with Crippen molar-refractivity contribution in [2.24, 2.45) is 11.8 Å². The lowest BCUT2D eigenvalue weighted by Crippen LogP contribution is -2.54. The molecule has 1 aliphatic carbocycles. The molecule has 5 aliphatic heterocycles. The number of alkyl halides is 2. The summed E-state index contributed by atoms with van der Waals surface area (Å²) in [4.78, 5) is 87.8. The molecule has 1 aromatic carbocycles. The van der Waals surface area contributed by atoms with E-state index < -0.39 is 47.7 Å². The number of nitrogens with zero attached hydrogens (tertiary/aromatic N) is 8. The molecular weight excluding hydrogens is 809 g/mol. The highest BCUT2D eigenvalue weighted by atomic mass is 19.3. The maximum absolute atomic E-state index is 14.3. The van der Waals surface area contributed by atoms with Gasteiger partial charge in [-0.15, -0.1) is 0 Å². The molecule has 1 unspecified atom stereocenters. The number of hydrogen-bond acceptors (Lipinski definition) is 12. The standard InChI is InChI=1S/C42H45F2N11O7/c43-36(44)35-30(47-38(57)28-18-46-53-15-12-32(48-37(28)53)52-19-26-16-25(52)21-62-26)20-54(50-35)24-6-4-23(5-7-24)40(59)51-13-10-22(11-14-51)17-45-29-3-1-2-27-34(29)42(61)55(41(27)60)31-8-9-33(56)49-39(31)58/h1-3,12,15,18,20,22-26,31,36,45H,4-11,13-14,16-17,19,21H2,(H,47,57)(H,49,56,58)/t23?,24?,25-,26-,31?/m1/s1. The highest BCUT2D eigenvalue weighted by Gasteiger charge is 2.46. The van der Waals surface area contributed by atoms with Crippen LogP contribution in [-0.2, 0) is 19.1 Å². The molecule has 20 heteroatoms. The van der Waals surface area contributed by atoms with Crippen molar-refractivity contribution in [2.45, 2.75) is 88.4 Å². The molecule has 4 aromatic rings. The lowest BCUT2D eigenvalue weighted by Gasteiger charge is -2.36. The van der Waals surface area contributed by atoms with Crippen LogP contribution in [0.25, 0.3) is 5.65 Å². The van der Waals surface area contributed by atoms with E-state index in [1.54, 1.807) is 24.4 Å². The molecule has 8 heterocycles. The summed E-state index contributed by atoms with van der Waals surface area (Å²) in [6, 6.07) is 5.75. The minimum atomic E-state index is -2.93. The number of halogens is 2. The van der Waals surface area contributed by atoms with E-state index in [-0.39, 0.29) is 71.2 Å². The van der Waals surface area contributed by atoms with Crippen molar-refractivity contribution < 1.29 is 42.3 Å². The third-order valence-electron chi connectivity index (χ3n) is 13.4. The maximum atomic E-state index is 14.3. The average Bonchev–Trinajstić information content (AvgIpc) is 4.13. The highest BCUT2D eigenvalue weighted by Crippen LogP contribution is 2.38. The van der Waals surface area contributed by atoms with Crippen LogP contribution in [0.3, 0.4) is 0 Å². The van der Waals surface area contributed by atoms with E-state index in [1.165, 1.54) is 21.6 Å². The lowest BCUT2D eigenvalue weighted by molar-refractivity contribution is -0.138. The first-order valence-corrected chi connectivity index (χ1v) is 21.3. The summed E-state index contributed by atoms with van der Waals surface area (Å²) in [6.07, 6.45) is 6.53. The predicted octanol–water partition coefficient (Wildman–Crippen LogP) is 3.58. The van der Waals surface area contributed by atoms with Crippen LogP contribution < -0.4 is 20.9 Å². The molecule has 18 nitrogen and oxygen atoms in total. The summed E-state index contributed by atoms with van der Waals surface area (Å²) < 4.78 is 37.3. The Balaban J connectivity index is 0.720. The molecule has 0 radical (unpaired) electrons. The van der Waals surface area contributed by atoms with E-state index in [2.05, 4.69) is 31.0 Å². The number of fused-ring (bicyclic) bond motifs is 4. The van der Waals surface area contributed by atoms with Gasteiger partial charge >= 0.3 is 0 Å². The molecule has 3 aromatic heterocycles. The van der Waals surface area contributed by atoms with Gasteiger partial charge in [-0.05, 0) is 75.5 Å². The number of anilines is 3. The number of carbonyl (C=O) groups is 6. The number of aromatic nitrogens is 5. The van der Waals surface area contributed by atoms with Crippen LogP contribution in [0.2, 0.25) is 0 Å². The minimum absolute atomic E-state index is 0.0409. The second-order valence-corrected chi connectivity index (χ2v) is 17.1. The van der Waals surface area contributed by atoms with Crippen LogP contribution in [0.4, 0.5) is 26.0 Å². The maximum Gasteiger partial charge on any atom is 0.284 e. The number of hydrogen-bond donors (Lipinski definition) is 3. The van der Waals surface area contributed by atoms with Crippen LogP contribution in [-0.4, -0.2) is 121 Å². The molecule has 1 saturated carbocycles. The summed E-state index contributed by atoms with van der Waals surface area (Å²) in [5, 5.41) is 16.7. The number of benzene rings is 1. The smallest absolute Gasteiger partial charge is 0.284 e. The van der Waals surface area contributed by atoms with Crippen molar-refractivity contribution in [1.82, 2.24) is 39.5 Å². The lowest BCUT2D eigenvalue weighted by atomic mass is 9.84. The van der Waals surface area contributed by atoms with Crippen LogP contribution in [0.1, 0.15) is 107 Å². The van der Waals surface area contributed by atoms with Crippen LogP contribution in [0, 0.1) is 11.8 Å². The zero-order valence-electron chi connectivity index (χ0n) is 33.7. The third kappa shape index (κ3) is 7.12. The molecule has 6 aliphatic rings. The first-order valence-electron chi connectivity index (χ1n) is 21.3.